The number of hydrogen-bond acceptors (Lipinski definition) is 6. The number of halogens is 4. The lowest BCUT2D eigenvalue weighted by Crippen LogP contribution is -2.14. The summed E-state index contributed by atoms with van der Waals surface area (Å²) < 4.78 is 0. The molecular formula is C32H16Cl4N4O2. The van der Waals surface area contributed by atoms with Crippen LogP contribution < -0.4 is 0 Å². The molecule has 3 aliphatic rings. The van der Waals surface area contributed by atoms with E-state index in [2.05, 4.69) is 0 Å². The fourth-order valence-electron chi connectivity index (χ4n) is 5.77. The van der Waals surface area contributed by atoms with Crippen LogP contribution in [0.25, 0.3) is 11.1 Å². The van der Waals surface area contributed by atoms with Gasteiger partial charge in [-0.1, -0.05) is 58.6 Å². The summed E-state index contributed by atoms with van der Waals surface area (Å²) in [6, 6.07) is 13.5. The largest absolute Gasteiger partial charge is 0.289 e. The number of carbonyl (C=O) groups is 2. The zero-order valence-electron chi connectivity index (χ0n) is 21.6. The smallest absolute Gasteiger partial charge is 0.194 e. The molecule has 0 aromatic heterocycles. The zero-order valence-corrected chi connectivity index (χ0v) is 24.6. The monoisotopic (exact) mass is 628 g/mol. The van der Waals surface area contributed by atoms with E-state index in [9.17, 15) is 30.6 Å². The van der Waals surface area contributed by atoms with Gasteiger partial charge >= 0.3 is 0 Å². The minimum atomic E-state index is -0.326. The fraction of sp³-hybridized carbons (Fsp3) is 0.188. The first-order valence-corrected chi connectivity index (χ1v) is 14.3. The Balaban J connectivity index is 1.46. The lowest BCUT2D eigenvalue weighted by Gasteiger charge is -2.25. The Kier molecular flexibility index (Phi) is 8.12. The topological polar surface area (TPSA) is 129 Å². The summed E-state index contributed by atoms with van der Waals surface area (Å²) in [6.45, 7) is 0. The van der Waals surface area contributed by atoms with Crippen molar-refractivity contribution in [3.05, 3.63) is 101 Å². The highest BCUT2D eigenvalue weighted by molar-refractivity contribution is 6.44. The van der Waals surface area contributed by atoms with Crippen molar-refractivity contribution in [3.8, 4) is 24.3 Å². The molecule has 1 saturated carbocycles. The summed E-state index contributed by atoms with van der Waals surface area (Å²) in [5.74, 6) is -0.726. The summed E-state index contributed by atoms with van der Waals surface area (Å²) in [5.41, 5.74) is 2.07. The molecule has 0 heterocycles. The molecular weight excluding hydrogens is 614 g/mol. The van der Waals surface area contributed by atoms with Crippen LogP contribution in [-0.2, 0) is 0 Å². The van der Waals surface area contributed by atoms with Crippen molar-refractivity contribution in [2.24, 2.45) is 11.8 Å². The minimum absolute atomic E-state index is 0.0367. The van der Waals surface area contributed by atoms with Gasteiger partial charge in [-0.05, 0) is 72.9 Å². The SMILES string of the molecule is N#CC(C#N)=C1/C(=C/C2CCC(/C=C3\C(=O)c4cc(Cl)c(Cl)cc4C3=C(C#N)C#N)CC2)C(=O)c2cc(Cl)c(Cl)cc21. The molecule has 204 valence electrons. The second-order valence-corrected chi connectivity index (χ2v) is 11.7. The Morgan fingerprint density at radius 1 is 0.571 bits per heavy atom. The predicted octanol–water partition coefficient (Wildman–Crippen LogP) is 8.65. The van der Waals surface area contributed by atoms with E-state index in [0.717, 1.165) is 0 Å². The highest BCUT2D eigenvalue weighted by Gasteiger charge is 2.36. The molecule has 0 N–H and O–H groups in total. The lowest BCUT2D eigenvalue weighted by atomic mass is 9.79. The molecule has 6 nitrogen and oxygen atoms in total. The van der Waals surface area contributed by atoms with Crippen LogP contribution >= 0.6 is 46.4 Å². The third kappa shape index (κ3) is 4.95. The quantitative estimate of drug-likeness (QED) is 0.241. The van der Waals surface area contributed by atoms with Crippen LogP contribution in [-0.4, -0.2) is 11.6 Å². The number of nitriles is 4. The molecule has 0 saturated heterocycles. The van der Waals surface area contributed by atoms with Crippen LogP contribution in [0, 0.1) is 57.2 Å². The third-order valence-corrected chi connectivity index (χ3v) is 9.19. The van der Waals surface area contributed by atoms with Gasteiger partial charge in [0.25, 0.3) is 0 Å². The fourth-order valence-corrected chi connectivity index (χ4v) is 6.43. The Bertz CT molecular complexity index is 1740. The molecule has 0 spiro atoms. The van der Waals surface area contributed by atoms with E-state index in [1.54, 1.807) is 0 Å². The van der Waals surface area contributed by atoms with E-state index in [0.29, 0.717) is 36.8 Å². The zero-order chi connectivity index (χ0) is 30.3. The van der Waals surface area contributed by atoms with Crippen LogP contribution in [0.5, 0.6) is 0 Å². The number of hydrogen-bond donors (Lipinski definition) is 0. The number of nitrogens with zero attached hydrogens (tertiary/aromatic N) is 4. The maximum atomic E-state index is 13.4. The molecule has 1 fully saturated rings. The predicted molar refractivity (Wildman–Crippen MR) is 159 cm³/mol. The maximum Gasteiger partial charge on any atom is 0.194 e. The summed E-state index contributed by atoms with van der Waals surface area (Å²) in [5, 5.41) is 39.3. The normalized spacial score (nSPS) is 21.0. The summed E-state index contributed by atoms with van der Waals surface area (Å²) in [4.78, 5) is 26.8. The van der Waals surface area contributed by atoms with Gasteiger partial charge in [0.2, 0.25) is 0 Å². The average Bonchev–Trinajstić information content (AvgIpc) is 3.37. The first-order chi connectivity index (χ1) is 20.1. The molecule has 5 rings (SSSR count). The van der Waals surface area contributed by atoms with Gasteiger partial charge in [-0.25, -0.2) is 0 Å². The molecule has 10 heteroatoms. The number of carbonyl (C=O) groups excluding carboxylic acids is 2. The molecule has 0 aliphatic heterocycles. The van der Waals surface area contributed by atoms with Crippen LogP contribution in [0.2, 0.25) is 20.1 Å². The number of benzene rings is 2. The van der Waals surface area contributed by atoms with Gasteiger partial charge in [0.1, 0.15) is 35.4 Å². The number of Topliss-reactive ketones (excluding diaryl/α,β-unsaturated/α-hetero) is 2. The minimum Gasteiger partial charge on any atom is -0.289 e. The summed E-state index contributed by atoms with van der Waals surface area (Å²) >= 11 is 24.7. The molecule has 3 aliphatic carbocycles. The van der Waals surface area contributed by atoms with Gasteiger partial charge in [-0.3, -0.25) is 9.59 Å². The molecule has 0 amide bonds. The summed E-state index contributed by atoms with van der Waals surface area (Å²) in [7, 11) is 0. The Labute approximate surface area is 261 Å². The molecule has 0 unspecified atom stereocenters. The lowest BCUT2D eigenvalue weighted by molar-refractivity contribution is 0.103. The highest BCUT2D eigenvalue weighted by atomic mass is 35.5. The van der Waals surface area contributed by atoms with E-state index < -0.39 is 0 Å². The first kappa shape index (κ1) is 29.4. The Morgan fingerprint density at radius 2 is 0.857 bits per heavy atom. The second kappa shape index (κ2) is 11.6. The van der Waals surface area contributed by atoms with Crippen LogP contribution in [0.4, 0.5) is 0 Å². The number of ketones is 2. The van der Waals surface area contributed by atoms with Gasteiger partial charge in [0.15, 0.2) is 11.6 Å². The van der Waals surface area contributed by atoms with E-state index in [1.165, 1.54) is 24.3 Å². The maximum absolute atomic E-state index is 13.4. The highest BCUT2D eigenvalue weighted by Crippen LogP contribution is 2.46. The van der Waals surface area contributed by atoms with Crippen molar-refractivity contribution in [2.45, 2.75) is 25.7 Å². The first-order valence-electron chi connectivity index (χ1n) is 12.7. The number of fused-ring (bicyclic) bond motifs is 2. The van der Waals surface area contributed by atoms with Gasteiger partial charge in [0, 0.05) is 33.4 Å². The third-order valence-electron chi connectivity index (χ3n) is 7.75. The van der Waals surface area contributed by atoms with E-state index in [-0.39, 0.29) is 88.1 Å². The second-order valence-electron chi connectivity index (χ2n) is 10.1. The van der Waals surface area contributed by atoms with E-state index in [4.69, 9.17) is 46.4 Å². The van der Waals surface area contributed by atoms with Crippen LogP contribution in [0.15, 0.2) is 58.7 Å². The average molecular weight is 630 g/mol. The summed E-state index contributed by atoms with van der Waals surface area (Å²) in [6.07, 6.45) is 6.26. The number of allylic oxidation sites excluding steroid dienone is 8. The van der Waals surface area contributed by atoms with Crippen molar-refractivity contribution in [3.63, 3.8) is 0 Å². The molecule has 2 aromatic carbocycles. The van der Waals surface area contributed by atoms with E-state index in [1.807, 2.05) is 36.4 Å². The molecule has 0 bridgehead atoms. The van der Waals surface area contributed by atoms with Gasteiger partial charge in [0.05, 0.1) is 20.1 Å². The van der Waals surface area contributed by atoms with Crippen LogP contribution in [0.3, 0.4) is 0 Å². The molecule has 0 radical (unpaired) electrons. The van der Waals surface area contributed by atoms with Crippen LogP contribution in [0.1, 0.15) is 57.5 Å². The van der Waals surface area contributed by atoms with E-state index >= 15 is 0 Å². The molecule has 0 atom stereocenters. The van der Waals surface area contributed by atoms with Crippen molar-refractivity contribution in [1.29, 1.82) is 21.0 Å². The molecule has 42 heavy (non-hydrogen) atoms. The van der Waals surface area contributed by atoms with Gasteiger partial charge < -0.3 is 0 Å². The molecule has 2 aromatic rings. The number of rotatable bonds is 2. The van der Waals surface area contributed by atoms with Gasteiger partial charge in [-0.15, -0.1) is 0 Å². The standard InChI is InChI=1S/C32H16Cl4N4O2/c33-25-7-19-21(9-27(25)35)31(41)23(29(19)17(11-37)12-38)5-15-1-2-16(4-3-15)6-24-30(18(13-39)14-40)20-8-26(34)28(36)10-22(20)32(24)42/h5-10,15-16H,1-4H2/b23-5-,24-6-. The van der Waals surface area contributed by atoms with Gasteiger partial charge in [-0.2, -0.15) is 21.0 Å². The Hall–Kier alpha value is -4.14. The van der Waals surface area contributed by atoms with Crippen molar-refractivity contribution >= 4 is 69.1 Å². The Morgan fingerprint density at radius 3 is 1.14 bits per heavy atom. The van der Waals surface area contributed by atoms with Crippen molar-refractivity contribution < 1.29 is 9.59 Å². The van der Waals surface area contributed by atoms with Crippen molar-refractivity contribution in [2.75, 3.05) is 0 Å². The van der Waals surface area contributed by atoms with Crippen molar-refractivity contribution in [1.82, 2.24) is 0 Å².